The van der Waals surface area contributed by atoms with Gasteiger partial charge in [-0.25, -0.2) is 0 Å². The molecule has 1 N–H and O–H groups in total. The molecule has 0 spiro atoms. The van der Waals surface area contributed by atoms with Gasteiger partial charge in [0.25, 0.3) is 0 Å². The van der Waals surface area contributed by atoms with Crippen LogP contribution in [0.4, 0.5) is 0 Å². The van der Waals surface area contributed by atoms with Gasteiger partial charge in [-0.1, -0.05) is 73.7 Å². The number of unbranched alkanes of at least 4 members (excludes halogenated alkanes) is 3. The van der Waals surface area contributed by atoms with Crippen LogP contribution in [0.1, 0.15) is 32.6 Å². The average molecular weight is 381 g/mol. The first-order valence-electron chi connectivity index (χ1n) is 9.44. The van der Waals surface area contributed by atoms with Crippen molar-refractivity contribution < 1.29 is 14.6 Å². The summed E-state index contributed by atoms with van der Waals surface area (Å²) in [6, 6.07) is 16.9. The molecule has 6 nitrogen and oxygen atoms in total. The number of benzene rings is 2. The van der Waals surface area contributed by atoms with Gasteiger partial charge in [0.15, 0.2) is 11.5 Å². The molecule has 28 heavy (non-hydrogen) atoms. The lowest BCUT2D eigenvalue weighted by atomic mass is 10.1. The summed E-state index contributed by atoms with van der Waals surface area (Å²) in [6.07, 6.45) is 6.38. The zero-order chi connectivity index (χ0) is 20.0. The molecule has 0 saturated carbocycles. The first kappa shape index (κ1) is 21.2. The highest BCUT2D eigenvalue weighted by Crippen LogP contribution is 2.25. The van der Waals surface area contributed by atoms with E-state index in [1.165, 1.54) is 19.3 Å². The van der Waals surface area contributed by atoms with Gasteiger partial charge in [-0.3, -0.25) is 0 Å². The van der Waals surface area contributed by atoms with Crippen molar-refractivity contribution in [2.45, 2.75) is 32.6 Å². The van der Waals surface area contributed by atoms with Crippen LogP contribution in [-0.4, -0.2) is 34.2 Å². The quantitative estimate of drug-likeness (QED) is 0.559. The second-order valence-electron chi connectivity index (χ2n) is 6.10. The monoisotopic (exact) mass is 381 g/mol. The Labute approximate surface area is 166 Å². The van der Waals surface area contributed by atoms with E-state index in [0.29, 0.717) is 18.2 Å². The summed E-state index contributed by atoms with van der Waals surface area (Å²) in [4.78, 5) is 0. The molecule has 3 rings (SSSR count). The Balaban J connectivity index is 0.000000200. The molecule has 6 heteroatoms. The van der Waals surface area contributed by atoms with E-state index < -0.39 is 0 Å². The standard InChI is InChI=1S/C12H18O2.C10H9N3O/c1-2-3-4-7-10-14-12-9-6-5-8-11(12)13;1-14-10-9(7-11-13-12-10)8-5-3-2-4-6-8/h5-6,8-9,13H,2-4,7,10H2,1H3;2-7H,1H3. The van der Waals surface area contributed by atoms with E-state index in [1.54, 1.807) is 31.5 Å². The van der Waals surface area contributed by atoms with Crippen LogP contribution in [0.15, 0.2) is 60.8 Å². The summed E-state index contributed by atoms with van der Waals surface area (Å²) in [6.45, 7) is 2.88. The van der Waals surface area contributed by atoms with Gasteiger partial charge in [-0.15, -0.1) is 5.10 Å². The van der Waals surface area contributed by atoms with Crippen molar-refractivity contribution in [3.05, 3.63) is 60.8 Å². The van der Waals surface area contributed by atoms with E-state index in [9.17, 15) is 5.11 Å². The number of aromatic nitrogens is 3. The van der Waals surface area contributed by atoms with E-state index in [4.69, 9.17) is 9.47 Å². The van der Waals surface area contributed by atoms with Crippen molar-refractivity contribution in [2.24, 2.45) is 0 Å². The number of rotatable bonds is 8. The molecule has 0 radical (unpaired) electrons. The molecule has 0 atom stereocenters. The van der Waals surface area contributed by atoms with Crippen molar-refractivity contribution in [3.8, 4) is 28.5 Å². The average Bonchev–Trinajstić information content (AvgIpc) is 2.76. The van der Waals surface area contributed by atoms with Gasteiger partial charge < -0.3 is 14.6 Å². The third-order valence-electron chi connectivity index (χ3n) is 4.00. The molecule has 148 valence electrons. The second-order valence-corrected chi connectivity index (χ2v) is 6.10. The number of methoxy groups -OCH3 is 1. The van der Waals surface area contributed by atoms with Gasteiger partial charge in [0, 0.05) is 0 Å². The minimum Gasteiger partial charge on any atom is -0.504 e. The van der Waals surface area contributed by atoms with Crippen LogP contribution in [0.3, 0.4) is 0 Å². The zero-order valence-corrected chi connectivity index (χ0v) is 16.4. The van der Waals surface area contributed by atoms with Crippen molar-refractivity contribution in [3.63, 3.8) is 0 Å². The summed E-state index contributed by atoms with van der Waals surface area (Å²) >= 11 is 0. The molecule has 1 aromatic heterocycles. The minimum absolute atomic E-state index is 0.225. The predicted octanol–water partition coefficient (Wildman–Crippen LogP) is 4.90. The van der Waals surface area contributed by atoms with Crippen molar-refractivity contribution in [1.29, 1.82) is 0 Å². The number of ether oxygens (including phenoxy) is 2. The molecule has 0 aliphatic heterocycles. The fraction of sp³-hybridized carbons (Fsp3) is 0.318. The normalized spacial score (nSPS) is 9.93. The van der Waals surface area contributed by atoms with Gasteiger partial charge >= 0.3 is 0 Å². The summed E-state index contributed by atoms with van der Waals surface area (Å²) in [5.74, 6) is 1.30. The number of nitrogens with zero attached hydrogens (tertiary/aromatic N) is 3. The van der Waals surface area contributed by atoms with Crippen LogP contribution in [0.25, 0.3) is 11.1 Å². The Morgan fingerprint density at radius 2 is 1.68 bits per heavy atom. The Morgan fingerprint density at radius 1 is 0.929 bits per heavy atom. The lowest BCUT2D eigenvalue weighted by Crippen LogP contribution is -1.97. The lowest BCUT2D eigenvalue weighted by molar-refractivity contribution is 0.289. The lowest BCUT2D eigenvalue weighted by Gasteiger charge is -2.06. The maximum atomic E-state index is 9.39. The molecule has 0 saturated heterocycles. The number of para-hydroxylation sites is 2. The van der Waals surface area contributed by atoms with Crippen molar-refractivity contribution in [2.75, 3.05) is 13.7 Å². The maximum Gasteiger partial charge on any atom is 0.244 e. The van der Waals surface area contributed by atoms with E-state index in [1.807, 2.05) is 36.4 Å². The van der Waals surface area contributed by atoms with Crippen LogP contribution in [0.2, 0.25) is 0 Å². The Hall–Kier alpha value is -3.15. The fourth-order valence-corrected chi connectivity index (χ4v) is 2.52. The predicted molar refractivity (Wildman–Crippen MR) is 110 cm³/mol. The molecule has 0 unspecified atom stereocenters. The van der Waals surface area contributed by atoms with Gasteiger partial charge in [0.2, 0.25) is 5.88 Å². The number of phenols is 1. The number of phenolic OH excluding ortho intramolecular Hbond substituents is 1. The molecule has 0 fully saturated rings. The molecule has 1 heterocycles. The van der Waals surface area contributed by atoms with Crippen LogP contribution in [-0.2, 0) is 0 Å². The summed E-state index contributed by atoms with van der Waals surface area (Å²) < 4.78 is 10.5. The molecular formula is C22H27N3O3. The Bertz CT molecular complexity index is 813. The van der Waals surface area contributed by atoms with Crippen LogP contribution in [0.5, 0.6) is 17.4 Å². The molecular weight excluding hydrogens is 354 g/mol. The maximum absolute atomic E-state index is 9.39. The Morgan fingerprint density at radius 3 is 2.39 bits per heavy atom. The summed E-state index contributed by atoms with van der Waals surface area (Å²) in [5.41, 5.74) is 1.87. The largest absolute Gasteiger partial charge is 0.504 e. The van der Waals surface area contributed by atoms with Crippen LogP contribution in [0, 0.1) is 0 Å². The second kappa shape index (κ2) is 12.3. The van der Waals surface area contributed by atoms with E-state index in [0.717, 1.165) is 17.5 Å². The van der Waals surface area contributed by atoms with Gasteiger partial charge in [0.05, 0.1) is 25.5 Å². The number of hydrogen-bond acceptors (Lipinski definition) is 6. The van der Waals surface area contributed by atoms with Gasteiger partial charge in [-0.05, 0) is 29.3 Å². The third kappa shape index (κ3) is 6.87. The van der Waals surface area contributed by atoms with Gasteiger partial charge in [0.1, 0.15) is 0 Å². The van der Waals surface area contributed by atoms with E-state index in [-0.39, 0.29) is 5.75 Å². The van der Waals surface area contributed by atoms with E-state index >= 15 is 0 Å². The first-order valence-corrected chi connectivity index (χ1v) is 9.44. The van der Waals surface area contributed by atoms with Crippen LogP contribution >= 0.6 is 0 Å². The highest BCUT2D eigenvalue weighted by molar-refractivity contribution is 5.66. The third-order valence-corrected chi connectivity index (χ3v) is 4.00. The van der Waals surface area contributed by atoms with Crippen molar-refractivity contribution in [1.82, 2.24) is 15.4 Å². The van der Waals surface area contributed by atoms with Crippen molar-refractivity contribution >= 4 is 0 Å². The topological polar surface area (TPSA) is 77.4 Å². The molecule has 3 aromatic rings. The minimum atomic E-state index is 0.225. The number of aromatic hydroxyl groups is 1. The zero-order valence-electron chi connectivity index (χ0n) is 16.4. The SMILES string of the molecule is CCCCCCOc1ccccc1O.COc1nnncc1-c1ccccc1. The molecule has 2 aromatic carbocycles. The highest BCUT2D eigenvalue weighted by Gasteiger charge is 2.06. The fourth-order valence-electron chi connectivity index (χ4n) is 2.52. The number of hydrogen-bond donors (Lipinski definition) is 1. The van der Waals surface area contributed by atoms with Gasteiger partial charge in [-0.2, -0.15) is 0 Å². The smallest absolute Gasteiger partial charge is 0.244 e. The van der Waals surface area contributed by atoms with Crippen LogP contribution < -0.4 is 9.47 Å². The molecule has 0 amide bonds. The first-order chi connectivity index (χ1) is 13.8. The molecule has 0 bridgehead atoms. The highest BCUT2D eigenvalue weighted by atomic mass is 16.5. The summed E-state index contributed by atoms with van der Waals surface area (Å²) in [7, 11) is 1.57. The van der Waals surface area contributed by atoms with E-state index in [2.05, 4.69) is 22.3 Å². The Kier molecular flexibility index (Phi) is 9.27. The molecule has 0 aliphatic carbocycles. The molecule has 0 aliphatic rings. The summed E-state index contributed by atoms with van der Waals surface area (Å²) in [5, 5.41) is 20.4.